The van der Waals surface area contributed by atoms with Gasteiger partial charge in [0.25, 0.3) is 0 Å². The number of carbonyl (C=O) groups is 4. The van der Waals surface area contributed by atoms with Crippen molar-refractivity contribution >= 4 is 39.5 Å². The zero-order valence-electron chi connectivity index (χ0n) is 53.9. The molecule has 0 aromatic heterocycles. The molecule has 17 nitrogen and oxygen atoms in total. The summed E-state index contributed by atoms with van der Waals surface area (Å²) in [5, 5.41) is 10.5. The molecule has 0 spiro atoms. The molecule has 0 rings (SSSR count). The van der Waals surface area contributed by atoms with Gasteiger partial charge in [-0.2, -0.15) is 0 Å². The lowest BCUT2D eigenvalue weighted by Crippen LogP contribution is -2.30. The van der Waals surface area contributed by atoms with Gasteiger partial charge in [-0.1, -0.05) is 285 Å². The maximum Gasteiger partial charge on any atom is 0.472 e. The normalized spacial score (nSPS) is 14.1. The van der Waals surface area contributed by atoms with Crippen LogP contribution in [0, 0.1) is 0 Å². The number of hydrogen-bond acceptors (Lipinski definition) is 15. The predicted octanol–water partition coefficient (Wildman–Crippen LogP) is 18.3. The van der Waals surface area contributed by atoms with E-state index < -0.39 is 97.5 Å². The second kappa shape index (κ2) is 60.0. The van der Waals surface area contributed by atoms with Crippen LogP contribution in [0.1, 0.15) is 336 Å². The Kier molecular flexibility index (Phi) is 58.6. The van der Waals surface area contributed by atoms with Gasteiger partial charge in [0.2, 0.25) is 0 Å². The Balaban J connectivity index is 5.12. The molecule has 0 heterocycles. The van der Waals surface area contributed by atoms with E-state index in [0.717, 1.165) is 109 Å². The van der Waals surface area contributed by atoms with E-state index in [0.29, 0.717) is 25.7 Å². The molecule has 3 N–H and O–H groups in total. The summed E-state index contributed by atoms with van der Waals surface area (Å²) in [7, 11) is -9.87. The number of rotatable bonds is 66. The van der Waals surface area contributed by atoms with Gasteiger partial charge in [-0.15, -0.1) is 0 Å². The number of hydrogen-bond donors (Lipinski definition) is 3. The Morgan fingerprint density at radius 3 is 0.702 bits per heavy atom. The summed E-state index contributed by atoms with van der Waals surface area (Å²) in [6.07, 6.45) is 46.4. The second-order valence-corrected chi connectivity index (χ2v) is 26.4. The summed E-state index contributed by atoms with van der Waals surface area (Å²) in [4.78, 5) is 71.9. The Labute approximate surface area is 511 Å². The number of aliphatic hydroxyl groups excluding tert-OH is 1. The van der Waals surface area contributed by atoms with Gasteiger partial charge in [-0.05, 0) is 25.7 Å². The van der Waals surface area contributed by atoms with E-state index in [1.165, 1.54) is 148 Å². The van der Waals surface area contributed by atoms with Crippen molar-refractivity contribution < 1.29 is 80.2 Å². The molecule has 498 valence electrons. The van der Waals surface area contributed by atoms with E-state index in [1.807, 2.05) is 0 Å². The molecule has 0 aliphatic heterocycles. The van der Waals surface area contributed by atoms with E-state index in [9.17, 15) is 43.2 Å². The first-order chi connectivity index (χ1) is 40.7. The van der Waals surface area contributed by atoms with Crippen LogP contribution in [0.15, 0.2) is 0 Å². The third-order valence-electron chi connectivity index (χ3n) is 15.1. The van der Waals surface area contributed by atoms with E-state index >= 15 is 0 Å². The van der Waals surface area contributed by atoms with Crippen LogP contribution in [-0.4, -0.2) is 96.7 Å². The van der Waals surface area contributed by atoms with Crippen molar-refractivity contribution in [1.29, 1.82) is 0 Å². The van der Waals surface area contributed by atoms with Gasteiger partial charge in [0.15, 0.2) is 12.2 Å². The number of phosphoric acid groups is 2. The highest BCUT2D eigenvalue weighted by Gasteiger charge is 2.30. The highest BCUT2D eigenvalue weighted by atomic mass is 31.2. The minimum absolute atomic E-state index is 0.103. The fourth-order valence-corrected chi connectivity index (χ4v) is 11.4. The molecule has 0 aliphatic carbocycles. The molecule has 84 heavy (non-hydrogen) atoms. The molecule has 0 saturated heterocycles. The van der Waals surface area contributed by atoms with Crippen molar-refractivity contribution in [3.63, 3.8) is 0 Å². The minimum atomic E-state index is -4.94. The molecule has 0 aliphatic rings. The summed E-state index contributed by atoms with van der Waals surface area (Å²) in [5.74, 6) is -2.14. The summed E-state index contributed by atoms with van der Waals surface area (Å²) in [6, 6.07) is 0. The van der Waals surface area contributed by atoms with Gasteiger partial charge < -0.3 is 33.8 Å². The van der Waals surface area contributed by atoms with Crippen LogP contribution in [0.5, 0.6) is 0 Å². The number of ether oxygens (including phenoxy) is 4. The van der Waals surface area contributed by atoms with Crippen molar-refractivity contribution in [3.8, 4) is 0 Å². The Morgan fingerprint density at radius 2 is 0.476 bits per heavy atom. The summed E-state index contributed by atoms with van der Waals surface area (Å²) in [6.45, 7) is 4.78. The molecule has 2 unspecified atom stereocenters. The van der Waals surface area contributed by atoms with Crippen LogP contribution in [-0.2, 0) is 65.4 Å². The standard InChI is InChI=1S/C65H126O17P2/c1-5-9-13-17-20-22-24-26-28-29-30-31-33-35-37-40-44-48-52-65(70)82-61(56-76-63(68)50-46-42-39-36-34-32-27-25-23-21-18-14-10-6-2)58-80-84(73,74)78-54-59(66)53-77-83(71,72)79-57-60(55-75-62(67)49-45-41-16-12-8-4)81-64(69)51-47-43-38-19-15-11-7-3/h59-61,66H,5-58H2,1-4H3,(H,71,72)(H,73,74)/t59-,60+,61+/m0/s1. The van der Waals surface area contributed by atoms with Gasteiger partial charge >= 0.3 is 39.5 Å². The zero-order chi connectivity index (χ0) is 61.9. The first-order valence-corrected chi connectivity index (χ1v) is 37.3. The number of aliphatic hydroxyl groups is 1. The molecule has 0 aromatic carbocycles. The predicted molar refractivity (Wildman–Crippen MR) is 335 cm³/mol. The average molecular weight is 1240 g/mol. The van der Waals surface area contributed by atoms with Gasteiger partial charge in [-0.25, -0.2) is 9.13 Å². The van der Waals surface area contributed by atoms with Crippen LogP contribution in [0.3, 0.4) is 0 Å². The third kappa shape index (κ3) is 59.0. The highest BCUT2D eigenvalue weighted by Crippen LogP contribution is 2.45. The van der Waals surface area contributed by atoms with Crippen molar-refractivity contribution in [2.24, 2.45) is 0 Å². The Bertz CT molecular complexity index is 1620. The van der Waals surface area contributed by atoms with Crippen molar-refractivity contribution in [3.05, 3.63) is 0 Å². The lowest BCUT2D eigenvalue weighted by Gasteiger charge is -2.21. The van der Waals surface area contributed by atoms with Gasteiger partial charge in [0, 0.05) is 25.7 Å². The molecule has 5 atom stereocenters. The number of carbonyl (C=O) groups excluding carboxylic acids is 4. The second-order valence-electron chi connectivity index (χ2n) is 23.5. The van der Waals surface area contributed by atoms with E-state index in [1.54, 1.807) is 0 Å². The van der Waals surface area contributed by atoms with Crippen LogP contribution in [0.25, 0.3) is 0 Å². The van der Waals surface area contributed by atoms with Crippen molar-refractivity contribution in [2.75, 3.05) is 39.6 Å². The van der Waals surface area contributed by atoms with Gasteiger partial charge in [0.1, 0.15) is 19.3 Å². The maximum atomic E-state index is 13.0. The summed E-state index contributed by atoms with van der Waals surface area (Å²) < 4.78 is 67.7. The minimum Gasteiger partial charge on any atom is -0.462 e. The van der Waals surface area contributed by atoms with Gasteiger partial charge in [-0.3, -0.25) is 37.3 Å². The van der Waals surface area contributed by atoms with Crippen LogP contribution in [0.4, 0.5) is 0 Å². The third-order valence-corrected chi connectivity index (χ3v) is 17.0. The average Bonchev–Trinajstić information content (AvgIpc) is 3.47. The quantitative estimate of drug-likeness (QED) is 0.0222. The van der Waals surface area contributed by atoms with E-state index in [-0.39, 0.29) is 25.7 Å². The smallest absolute Gasteiger partial charge is 0.462 e. The van der Waals surface area contributed by atoms with Gasteiger partial charge in [0.05, 0.1) is 26.4 Å². The Hall–Kier alpha value is -1.94. The molecule has 0 fully saturated rings. The largest absolute Gasteiger partial charge is 0.472 e. The topological polar surface area (TPSA) is 237 Å². The van der Waals surface area contributed by atoms with Crippen molar-refractivity contribution in [2.45, 2.75) is 354 Å². The van der Waals surface area contributed by atoms with E-state index in [4.69, 9.17) is 37.0 Å². The summed E-state index contributed by atoms with van der Waals surface area (Å²) in [5.41, 5.74) is 0. The Morgan fingerprint density at radius 1 is 0.286 bits per heavy atom. The molecule has 0 saturated carbocycles. The van der Waals surface area contributed by atoms with Crippen molar-refractivity contribution in [1.82, 2.24) is 0 Å². The lowest BCUT2D eigenvalue weighted by molar-refractivity contribution is -0.161. The zero-order valence-corrected chi connectivity index (χ0v) is 55.7. The van der Waals surface area contributed by atoms with Crippen LogP contribution >= 0.6 is 15.6 Å². The van der Waals surface area contributed by atoms with Crippen LogP contribution < -0.4 is 0 Å². The molecule has 0 bridgehead atoms. The number of phosphoric ester groups is 2. The first kappa shape index (κ1) is 82.1. The fourth-order valence-electron chi connectivity index (χ4n) is 9.81. The first-order valence-electron chi connectivity index (χ1n) is 34.3. The number of unbranched alkanes of at least 4 members (excludes halogenated alkanes) is 40. The lowest BCUT2D eigenvalue weighted by atomic mass is 10.0. The van der Waals surface area contributed by atoms with Crippen LogP contribution in [0.2, 0.25) is 0 Å². The molecule has 0 aromatic rings. The SMILES string of the molecule is CCCCCCCCCCCCCCCCCCCCC(=O)O[C@H](COC(=O)CCCCCCCCCCCCCCCC)COP(=O)(O)OC[C@@H](O)COP(=O)(O)OC[C@@H](COC(=O)CCCCCCC)OC(=O)CCCCCCCCC. The molecular formula is C65H126O17P2. The molecule has 0 radical (unpaired) electrons. The molecule has 19 heteroatoms. The summed E-state index contributed by atoms with van der Waals surface area (Å²) >= 11 is 0. The maximum absolute atomic E-state index is 13.0. The fraction of sp³-hybridized carbons (Fsp3) is 0.938. The highest BCUT2D eigenvalue weighted by molar-refractivity contribution is 7.47. The van der Waals surface area contributed by atoms with E-state index in [2.05, 4.69) is 27.7 Å². The molecule has 0 amide bonds. The number of esters is 4. The molecular weight excluding hydrogens is 1110 g/mol. The monoisotopic (exact) mass is 1240 g/mol.